The van der Waals surface area contributed by atoms with Crippen LogP contribution in [0.2, 0.25) is 0 Å². The summed E-state index contributed by atoms with van der Waals surface area (Å²) in [5.41, 5.74) is 10.5. The minimum absolute atomic E-state index is 0.547. The van der Waals surface area contributed by atoms with Crippen LogP contribution in [0.1, 0.15) is 30.8 Å². The van der Waals surface area contributed by atoms with Crippen molar-refractivity contribution in [2.45, 2.75) is 34.2 Å². The fourth-order valence-corrected chi connectivity index (χ4v) is 2.44. The highest BCUT2D eigenvalue weighted by Crippen LogP contribution is 2.24. The van der Waals surface area contributed by atoms with Crippen molar-refractivity contribution in [1.82, 2.24) is 9.88 Å². The maximum atomic E-state index is 5.95. The molecule has 0 atom stereocenters. The van der Waals surface area contributed by atoms with Crippen molar-refractivity contribution >= 4 is 5.69 Å². The normalized spacial score (nSPS) is 11.4. The summed E-state index contributed by atoms with van der Waals surface area (Å²) < 4.78 is 0. The predicted octanol–water partition coefficient (Wildman–Crippen LogP) is 2.18. The summed E-state index contributed by atoms with van der Waals surface area (Å²) in [6.07, 6.45) is 0. The van der Waals surface area contributed by atoms with Gasteiger partial charge in [-0.25, -0.2) is 0 Å². The van der Waals surface area contributed by atoms with Gasteiger partial charge in [0.25, 0.3) is 0 Å². The van der Waals surface area contributed by atoms with E-state index < -0.39 is 0 Å². The third kappa shape index (κ3) is 4.76. The summed E-state index contributed by atoms with van der Waals surface area (Å²) in [7, 11) is 4.22. The van der Waals surface area contributed by atoms with E-state index in [0.717, 1.165) is 31.0 Å². The molecule has 4 heteroatoms. The molecule has 0 aliphatic carbocycles. The van der Waals surface area contributed by atoms with Crippen LogP contribution in [0, 0.1) is 19.8 Å². The lowest BCUT2D eigenvalue weighted by Crippen LogP contribution is -2.35. The van der Waals surface area contributed by atoms with Gasteiger partial charge < -0.3 is 15.5 Å². The summed E-state index contributed by atoms with van der Waals surface area (Å²) >= 11 is 0. The van der Waals surface area contributed by atoms with Crippen molar-refractivity contribution < 1.29 is 0 Å². The fourth-order valence-electron chi connectivity index (χ4n) is 2.44. The van der Waals surface area contributed by atoms with Gasteiger partial charge in [0.1, 0.15) is 0 Å². The van der Waals surface area contributed by atoms with E-state index in [4.69, 9.17) is 5.73 Å². The van der Waals surface area contributed by atoms with E-state index in [2.05, 4.69) is 62.6 Å². The molecule has 0 radical (unpaired) electrons. The molecule has 2 N–H and O–H groups in total. The standard InChI is InChI=1S/C16H30N4/c1-12(2)11-20(8-7-19(5)6)16-9-13(3)18-14(4)15(16)10-17/h9,12H,7-8,10-11,17H2,1-6H3. The monoisotopic (exact) mass is 278 g/mol. The van der Waals surface area contributed by atoms with Crippen LogP contribution < -0.4 is 10.6 Å². The lowest BCUT2D eigenvalue weighted by molar-refractivity contribution is 0.409. The molecule has 0 aliphatic rings. The van der Waals surface area contributed by atoms with Crippen molar-refractivity contribution in [3.05, 3.63) is 23.0 Å². The average Bonchev–Trinajstić information content (AvgIpc) is 2.33. The van der Waals surface area contributed by atoms with Crippen LogP contribution in [-0.4, -0.2) is 43.6 Å². The second-order valence-electron chi connectivity index (χ2n) is 6.19. The molecule has 0 unspecified atom stereocenters. The van der Waals surface area contributed by atoms with Crippen LogP contribution in [-0.2, 0) is 6.54 Å². The smallest absolute Gasteiger partial charge is 0.0448 e. The van der Waals surface area contributed by atoms with Gasteiger partial charge in [0.15, 0.2) is 0 Å². The van der Waals surface area contributed by atoms with Gasteiger partial charge >= 0.3 is 0 Å². The molecule has 0 spiro atoms. The molecular weight excluding hydrogens is 248 g/mol. The van der Waals surface area contributed by atoms with E-state index in [-0.39, 0.29) is 0 Å². The van der Waals surface area contributed by atoms with Crippen LogP contribution in [0.4, 0.5) is 5.69 Å². The van der Waals surface area contributed by atoms with Crippen LogP contribution in [0.25, 0.3) is 0 Å². The van der Waals surface area contributed by atoms with Gasteiger partial charge in [-0.15, -0.1) is 0 Å². The largest absolute Gasteiger partial charge is 0.370 e. The second kappa shape index (κ2) is 7.60. The summed E-state index contributed by atoms with van der Waals surface area (Å²) in [5, 5.41) is 0. The number of aromatic nitrogens is 1. The van der Waals surface area contributed by atoms with Gasteiger partial charge in [0, 0.05) is 48.8 Å². The number of likely N-dealkylation sites (N-methyl/N-ethyl adjacent to an activating group) is 1. The number of pyridine rings is 1. The third-order valence-electron chi connectivity index (χ3n) is 3.38. The summed E-state index contributed by atoms with van der Waals surface area (Å²) in [4.78, 5) is 9.22. The molecule has 1 aromatic heterocycles. The Morgan fingerprint density at radius 3 is 2.35 bits per heavy atom. The van der Waals surface area contributed by atoms with Crippen molar-refractivity contribution in [1.29, 1.82) is 0 Å². The first-order valence-corrected chi connectivity index (χ1v) is 7.42. The first kappa shape index (κ1) is 16.9. The highest BCUT2D eigenvalue weighted by atomic mass is 15.2. The molecule has 0 bridgehead atoms. The molecule has 0 saturated heterocycles. The number of nitrogens with zero attached hydrogens (tertiary/aromatic N) is 3. The maximum Gasteiger partial charge on any atom is 0.0448 e. The molecule has 20 heavy (non-hydrogen) atoms. The Balaban J connectivity index is 3.11. The highest BCUT2D eigenvalue weighted by molar-refractivity contribution is 5.56. The average molecular weight is 278 g/mol. The van der Waals surface area contributed by atoms with Crippen LogP contribution in [0.3, 0.4) is 0 Å². The lowest BCUT2D eigenvalue weighted by atomic mass is 10.1. The maximum absolute atomic E-state index is 5.95. The molecule has 0 amide bonds. The minimum atomic E-state index is 0.547. The Labute approximate surface area is 124 Å². The number of anilines is 1. The molecule has 0 aromatic carbocycles. The van der Waals surface area contributed by atoms with Gasteiger partial charge in [-0.2, -0.15) is 0 Å². The Morgan fingerprint density at radius 2 is 1.85 bits per heavy atom. The topological polar surface area (TPSA) is 45.4 Å². The van der Waals surface area contributed by atoms with Crippen LogP contribution in [0.15, 0.2) is 6.07 Å². The quantitative estimate of drug-likeness (QED) is 0.830. The SMILES string of the molecule is Cc1cc(N(CCN(C)C)CC(C)C)c(CN)c(C)n1. The lowest BCUT2D eigenvalue weighted by Gasteiger charge is -2.30. The molecule has 1 heterocycles. The number of hydrogen-bond donors (Lipinski definition) is 1. The number of aryl methyl sites for hydroxylation is 2. The third-order valence-corrected chi connectivity index (χ3v) is 3.38. The van der Waals surface area contributed by atoms with E-state index in [9.17, 15) is 0 Å². The highest BCUT2D eigenvalue weighted by Gasteiger charge is 2.15. The first-order chi connectivity index (χ1) is 9.35. The zero-order valence-electron chi connectivity index (χ0n) is 13.9. The predicted molar refractivity (Wildman–Crippen MR) is 87.2 cm³/mol. The van der Waals surface area contributed by atoms with Gasteiger partial charge in [0.05, 0.1) is 0 Å². The van der Waals surface area contributed by atoms with Crippen molar-refractivity contribution in [2.24, 2.45) is 11.7 Å². The summed E-state index contributed by atoms with van der Waals surface area (Å²) in [5.74, 6) is 0.622. The van der Waals surface area contributed by atoms with Crippen LogP contribution in [0.5, 0.6) is 0 Å². The van der Waals surface area contributed by atoms with Crippen molar-refractivity contribution in [2.75, 3.05) is 38.6 Å². The van der Waals surface area contributed by atoms with Gasteiger partial charge in [-0.1, -0.05) is 13.8 Å². The van der Waals surface area contributed by atoms with Crippen molar-refractivity contribution in [3.63, 3.8) is 0 Å². The Bertz CT molecular complexity index is 427. The Kier molecular flexibility index (Phi) is 6.43. The minimum Gasteiger partial charge on any atom is -0.370 e. The van der Waals surface area contributed by atoms with E-state index >= 15 is 0 Å². The summed E-state index contributed by atoms with van der Waals surface area (Å²) in [6, 6.07) is 2.17. The summed E-state index contributed by atoms with van der Waals surface area (Å²) in [6.45, 7) is 12.3. The van der Waals surface area contributed by atoms with Gasteiger partial charge in [-0.3, -0.25) is 4.98 Å². The second-order valence-corrected chi connectivity index (χ2v) is 6.19. The Hall–Kier alpha value is -1.13. The first-order valence-electron chi connectivity index (χ1n) is 7.42. The van der Waals surface area contributed by atoms with E-state index in [1.165, 1.54) is 11.3 Å². The van der Waals surface area contributed by atoms with Crippen molar-refractivity contribution in [3.8, 4) is 0 Å². The molecule has 1 rings (SSSR count). The molecule has 0 saturated carbocycles. The zero-order chi connectivity index (χ0) is 15.3. The van der Waals surface area contributed by atoms with Crippen LogP contribution >= 0.6 is 0 Å². The fraction of sp³-hybridized carbons (Fsp3) is 0.688. The molecule has 0 aliphatic heterocycles. The molecule has 114 valence electrons. The molecule has 1 aromatic rings. The Morgan fingerprint density at radius 1 is 1.20 bits per heavy atom. The van der Waals surface area contributed by atoms with E-state index in [1.54, 1.807) is 0 Å². The molecule has 4 nitrogen and oxygen atoms in total. The van der Waals surface area contributed by atoms with E-state index in [0.29, 0.717) is 12.5 Å². The number of hydrogen-bond acceptors (Lipinski definition) is 4. The van der Waals surface area contributed by atoms with E-state index in [1.807, 2.05) is 0 Å². The van der Waals surface area contributed by atoms with Gasteiger partial charge in [0.2, 0.25) is 0 Å². The van der Waals surface area contributed by atoms with Gasteiger partial charge in [-0.05, 0) is 39.9 Å². The molecule has 0 fully saturated rings. The number of nitrogens with two attached hydrogens (primary N) is 1. The number of rotatable bonds is 7. The molecular formula is C16H30N4. The zero-order valence-corrected chi connectivity index (χ0v) is 13.9.